The predicted octanol–water partition coefficient (Wildman–Crippen LogP) is 2.75. The number of hydrogen-bond acceptors (Lipinski definition) is 6. The average molecular weight is 483 g/mol. The van der Waals surface area contributed by atoms with Crippen molar-refractivity contribution in [3.63, 3.8) is 0 Å². The van der Waals surface area contributed by atoms with Gasteiger partial charge in [0.15, 0.2) is 5.69 Å². The van der Waals surface area contributed by atoms with E-state index in [0.29, 0.717) is 23.7 Å². The number of amides is 1. The Morgan fingerprint density at radius 1 is 1.34 bits per heavy atom. The molecule has 1 N–H and O–H groups in total. The molecule has 0 aliphatic carbocycles. The number of ether oxygens (including phenoxy) is 2. The van der Waals surface area contributed by atoms with Crippen LogP contribution in [0.3, 0.4) is 0 Å². The molecule has 7 nitrogen and oxygen atoms in total. The molecule has 1 amide bonds. The number of phenols is 1. The number of aromatic nitrogens is 2. The monoisotopic (exact) mass is 483 g/mol. The molecule has 0 spiro atoms. The minimum atomic E-state index is -1.92. The molecule has 0 saturated carbocycles. The molecule has 6 radical (unpaired) electrons. The number of fused-ring (bicyclic) bond motifs is 3. The van der Waals surface area contributed by atoms with Gasteiger partial charge < -0.3 is 19.5 Å². The van der Waals surface area contributed by atoms with Crippen molar-refractivity contribution < 1.29 is 19.4 Å². The van der Waals surface area contributed by atoms with Gasteiger partial charge in [-0.05, 0) is 42.3 Å². The van der Waals surface area contributed by atoms with Crippen molar-refractivity contribution in [3.05, 3.63) is 45.8 Å². The first-order valence-corrected chi connectivity index (χ1v) is 12.4. The van der Waals surface area contributed by atoms with Crippen LogP contribution in [0, 0.1) is 5.92 Å². The molecule has 0 unspecified atom stereocenters. The average Bonchev–Trinajstić information content (AvgIpc) is 3.39. The third kappa shape index (κ3) is 4.08. The lowest BCUT2D eigenvalue weighted by molar-refractivity contribution is -0.117. The van der Waals surface area contributed by atoms with Gasteiger partial charge in [-0.15, -0.1) is 0 Å². The van der Waals surface area contributed by atoms with Crippen molar-refractivity contribution in [2.45, 2.75) is 44.6 Å². The summed E-state index contributed by atoms with van der Waals surface area (Å²) in [5, 5.41) is 17.3. The second kappa shape index (κ2) is 8.48. The number of hydrogen-bond donors (Lipinski definition) is 1. The Morgan fingerprint density at radius 2 is 2.09 bits per heavy atom. The number of carbonyl (C=O) groups excluding carboxylic acids is 1. The Balaban J connectivity index is 1.70. The van der Waals surface area contributed by atoms with Gasteiger partial charge in [0.05, 0.1) is 53.7 Å². The summed E-state index contributed by atoms with van der Waals surface area (Å²) in [5.41, 5.74) is 3.08. The Morgan fingerprint density at radius 3 is 2.66 bits per heavy atom. The van der Waals surface area contributed by atoms with Gasteiger partial charge in [-0.25, -0.2) is 4.68 Å². The molecule has 4 heterocycles. The largest absolute Gasteiger partial charge is 0.508 e. The third-order valence-electron chi connectivity index (χ3n) is 6.33. The SMILES string of the molecule is [B]C([B])([B])N(C(=O)c1nn(-c2ccsc2)c2c1COc1cc(O)c(CC(C)C)cc1-2)C1(C)COC1. The molecule has 2 aliphatic heterocycles. The lowest BCUT2D eigenvalue weighted by atomic mass is 9.47. The molecule has 11 heteroatoms. The summed E-state index contributed by atoms with van der Waals surface area (Å²) < 4.78 is 13.1. The van der Waals surface area contributed by atoms with Gasteiger partial charge in [-0.2, -0.15) is 16.4 Å². The van der Waals surface area contributed by atoms with E-state index in [9.17, 15) is 9.90 Å². The van der Waals surface area contributed by atoms with Gasteiger partial charge >= 0.3 is 0 Å². The predicted molar refractivity (Wildman–Crippen MR) is 137 cm³/mol. The zero-order valence-corrected chi connectivity index (χ0v) is 20.8. The Bertz CT molecular complexity index is 1280. The molecule has 5 rings (SSSR count). The fourth-order valence-corrected chi connectivity index (χ4v) is 5.41. The van der Waals surface area contributed by atoms with Crippen molar-refractivity contribution in [1.29, 1.82) is 0 Å². The summed E-state index contributed by atoms with van der Waals surface area (Å²) in [6, 6.07) is 5.47. The van der Waals surface area contributed by atoms with E-state index in [4.69, 9.17) is 38.1 Å². The van der Waals surface area contributed by atoms with Gasteiger partial charge in [-0.1, -0.05) is 19.1 Å². The molecule has 35 heavy (non-hydrogen) atoms. The maximum Gasteiger partial charge on any atom is 0.273 e. The highest BCUT2D eigenvalue weighted by Crippen LogP contribution is 2.44. The molecule has 0 atom stereocenters. The summed E-state index contributed by atoms with van der Waals surface area (Å²) in [7, 11) is 18.2. The third-order valence-corrected chi connectivity index (χ3v) is 7.00. The lowest BCUT2D eigenvalue weighted by Crippen LogP contribution is -2.70. The Kier molecular flexibility index (Phi) is 5.83. The second-order valence-corrected chi connectivity index (χ2v) is 10.7. The Labute approximate surface area is 212 Å². The van der Waals surface area contributed by atoms with Gasteiger partial charge in [0.25, 0.3) is 5.91 Å². The number of aromatic hydroxyl groups is 1. The van der Waals surface area contributed by atoms with Crippen molar-refractivity contribution in [3.8, 4) is 28.4 Å². The number of carbonyl (C=O) groups is 1. The first-order valence-electron chi connectivity index (χ1n) is 11.4. The highest BCUT2D eigenvalue weighted by atomic mass is 32.1. The summed E-state index contributed by atoms with van der Waals surface area (Å²) in [6.45, 7) is 6.61. The van der Waals surface area contributed by atoms with Crippen molar-refractivity contribution in [1.82, 2.24) is 14.7 Å². The summed E-state index contributed by atoms with van der Waals surface area (Å²) in [4.78, 5) is 15.2. The van der Waals surface area contributed by atoms with Gasteiger partial charge in [0, 0.05) is 22.6 Å². The highest BCUT2D eigenvalue weighted by Gasteiger charge is 2.48. The van der Waals surface area contributed by atoms with E-state index < -0.39 is 16.7 Å². The number of phenolic OH excluding ortho intramolecular Hbond substituents is 1. The first-order chi connectivity index (χ1) is 16.5. The van der Waals surface area contributed by atoms with Crippen LogP contribution in [-0.4, -0.2) is 73.2 Å². The van der Waals surface area contributed by atoms with Crippen LogP contribution in [0.25, 0.3) is 16.9 Å². The maximum absolute atomic E-state index is 13.9. The van der Waals surface area contributed by atoms with Crippen LogP contribution in [0.4, 0.5) is 0 Å². The summed E-state index contributed by atoms with van der Waals surface area (Å²) in [5.74, 6) is 0.552. The smallest absolute Gasteiger partial charge is 0.273 e. The zero-order chi connectivity index (χ0) is 25.1. The topological polar surface area (TPSA) is 76.8 Å². The van der Waals surface area contributed by atoms with E-state index in [1.54, 1.807) is 10.7 Å². The normalized spacial score (nSPS) is 16.2. The number of nitrogens with zero attached hydrogens (tertiary/aromatic N) is 3. The highest BCUT2D eigenvalue weighted by molar-refractivity contribution is 7.08. The second-order valence-electron chi connectivity index (χ2n) is 9.95. The number of thiophene rings is 1. The zero-order valence-electron chi connectivity index (χ0n) is 19.9. The molecule has 2 aromatic heterocycles. The van der Waals surface area contributed by atoms with E-state index in [2.05, 4.69) is 13.8 Å². The minimum Gasteiger partial charge on any atom is -0.508 e. The fraction of sp³-hybridized carbons (Fsp3) is 0.417. The molecular weight excluding hydrogens is 459 g/mol. The van der Waals surface area contributed by atoms with Crippen LogP contribution in [0.15, 0.2) is 29.0 Å². The van der Waals surface area contributed by atoms with Crippen molar-refractivity contribution in [2.24, 2.45) is 5.92 Å². The molecule has 3 aromatic rings. The van der Waals surface area contributed by atoms with Gasteiger partial charge in [0.1, 0.15) is 18.1 Å². The molecule has 1 saturated heterocycles. The molecule has 1 aromatic carbocycles. The van der Waals surface area contributed by atoms with E-state index in [-0.39, 0.29) is 31.3 Å². The van der Waals surface area contributed by atoms with Crippen LogP contribution in [-0.2, 0) is 17.8 Å². The fourth-order valence-electron chi connectivity index (χ4n) is 4.79. The van der Waals surface area contributed by atoms with E-state index >= 15 is 0 Å². The van der Waals surface area contributed by atoms with Crippen LogP contribution in [0.5, 0.6) is 11.5 Å². The minimum absolute atomic E-state index is 0.0876. The van der Waals surface area contributed by atoms with Crippen molar-refractivity contribution in [2.75, 3.05) is 13.2 Å². The van der Waals surface area contributed by atoms with Gasteiger partial charge in [0.2, 0.25) is 0 Å². The van der Waals surface area contributed by atoms with Crippen molar-refractivity contribution >= 4 is 40.8 Å². The first kappa shape index (κ1) is 24.1. The molecule has 174 valence electrons. The van der Waals surface area contributed by atoms with Crippen LogP contribution in [0.1, 0.15) is 42.4 Å². The quantitative estimate of drug-likeness (QED) is 0.547. The van der Waals surface area contributed by atoms with E-state index in [1.807, 2.05) is 29.8 Å². The standard InChI is InChI=1S/C24H24B3N3O4S/c1-13(2)6-14-7-16-19(8-18(14)31)34-9-17-20(28-29(21(16)17)15-4-5-35-10-15)22(32)30(24(25,26)27)23(3)11-33-12-23/h4-5,7-8,10,13,31H,6,9,11-12H2,1-3H3. The number of benzene rings is 1. The molecule has 0 bridgehead atoms. The number of rotatable bonds is 6. The molecule has 2 aliphatic rings. The summed E-state index contributed by atoms with van der Waals surface area (Å²) >= 11 is 1.52. The lowest BCUT2D eigenvalue weighted by Gasteiger charge is -2.54. The molecule has 1 fully saturated rings. The van der Waals surface area contributed by atoms with Gasteiger partial charge in [-0.3, -0.25) is 4.79 Å². The summed E-state index contributed by atoms with van der Waals surface area (Å²) in [6.07, 6.45) is 0.689. The maximum atomic E-state index is 13.9. The van der Waals surface area contributed by atoms with Crippen LogP contribution in [0.2, 0.25) is 0 Å². The van der Waals surface area contributed by atoms with Crippen LogP contribution >= 0.6 is 11.3 Å². The Hall–Kier alpha value is -2.65. The van der Waals surface area contributed by atoms with E-state index in [0.717, 1.165) is 22.5 Å². The molecular formula is C24H24B3N3O4S. The van der Waals surface area contributed by atoms with Crippen LogP contribution < -0.4 is 4.74 Å². The van der Waals surface area contributed by atoms with E-state index in [1.165, 1.54) is 16.2 Å².